The largest absolute Gasteiger partial charge is 0.207 e. The summed E-state index contributed by atoms with van der Waals surface area (Å²) in [6.07, 6.45) is 1.10. The quantitative estimate of drug-likeness (QED) is 0.561. The van der Waals surface area contributed by atoms with Gasteiger partial charge in [0.2, 0.25) is 0 Å². The van der Waals surface area contributed by atoms with Crippen LogP contribution in [-0.4, -0.2) is 10.2 Å². The lowest BCUT2D eigenvalue weighted by atomic mass is 10.2. The van der Waals surface area contributed by atoms with E-state index in [1.807, 2.05) is 12.1 Å². The number of aryl methyl sites for hydroxylation is 1. The van der Waals surface area contributed by atoms with E-state index in [1.54, 1.807) is 0 Å². The monoisotopic (exact) mass is 154 g/mol. The van der Waals surface area contributed by atoms with Crippen LogP contribution < -0.4 is 0 Å². The van der Waals surface area contributed by atoms with Crippen molar-refractivity contribution in [3.8, 4) is 0 Å². The number of rotatable bonds is 2. The minimum absolute atomic E-state index is 0.142. The Kier molecular flexibility index (Phi) is 2.63. The first-order valence-corrected chi connectivity index (χ1v) is 4.99. The Hall–Kier alpha value is -0.633. The SMILES string of the molecule is Fc1ccc(CC[SiH3])cc1. The van der Waals surface area contributed by atoms with Crippen LogP contribution in [0.1, 0.15) is 5.56 Å². The molecule has 0 aromatic heterocycles. The summed E-state index contributed by atoms with van der Waals surface area (Å²) in [6, 6.07) is 8.01. The van der Waals surface area contributed by atoms with Crippen molar-refractivity contribution in [3.05, 3.63) is 35.6 Å². The minimum atomic E-state index is -0.142. The summed E-state index contributed by atoms with van der Waals surface area (Å²) in [5.41, 5.74) is 1.25. The van der Waals surface area contributed by atoms with Crippen LogP contribution in [0.5, 0.6) is 0 Å². The average molecular weight is 154 g/mol. The van der Waals surface area contributed by atoms with Gasteiger partial charge in [0.05, 0.1) is 0 Å². The van der Waals surface area contributed by atoms with Gasteiger partial charge in [-0.1, -0.05) is 18.2 Å². The number of benzene rings is 1. The maximum Gasteiger partial charge on any atom is 0.123 e. The Labute approximate surface area is 63.5 Å². The highest BCUT2D eigenvalue weighted by molar-refractivity contribution is 6.08. The van der Waals surface area contributed by atoms with Crippen LogP contribution in [0.4, 0.5) is 4.39 Å². The molecule has 1 aromatic rings. The molecule has 10 heavy (non-hydrogen) atoms. The highest BCUT2D eigenvalue weighted by atomic mass is 28.1. The molecule has 0 radical (unpaired) electrons. The molecular formula is C8H11FSi. The summed E-state index contributed by atoms with van der Waals surface area (Å²) in [4.78, 5) is 0. The van der Waals surface area contributed by atoms with Crippen molar-refractivity contribution < 1.29 is 4.39 Å². The predicted molar refractivity (Wildman–Crippen MR) is 44.9 cm³/mol. The Bertz CT molecular complexity index is 193. The molecule has 0 atom stereocenters. The maximum absolute atomic E-state index is 12.3. The van der Waals surface area contributed by atoms with Crippen LogP contribution in [0, 0.1) is 5.82 Å². The zero-order chi connectivity index (χ0) is 7.40. The third kappa shape index (κ3) is 1.95. The fraction of sp³-hybridized carbons (Fsp3) is 0.250. The van der Waals surface area contributed by atoms with E-state index in [0.717, 1.165) is 6.42 Å². The Balaban J connectivity index is 2.69. The Morgan fingerprint density at radius 3 is 2.30 bits per heavy atom. The fourth-order valence-electron chi connectivity index (χ4n) is 0.940. The van der Waals surface area contributed by atoms with E-state index in [-0.39, 0.29) is 5.82 Å². The minimum Gasteiger partial charge on any atom is -0.207 e. The molecule has 1 aromatic carbocycles. The number of halogens is 1. The van der Waals surface area contributed by atoms with Gasteiger partial charge in [0.25, 0.3) is 0 Å². The van der Waals surface area contributed by atoms with Gasteiger partial charge in [-0.15, -0.1) is 0 Å². The summed E-state index contributed by atoms with van der Waals surface area (Å²) < 4.78 is 12.3. The van der Waals surface area contributed by atoms with E-state index in [1.165, 1.54) is 34.0 Å². The molecule has 0 aliphatic rings. The van der Waals surface area contributed by atoms with Gasteiger partial charge in [-0.2, -0.15) is 0 Å². The molecule has 0 unspecified atom stereocenters. The van der Waals surface area contributed by atoms with Gasteiger partial charge in [0.1, 0.15) is 5.82 Å². The first-order chi connectivity index (χ1) is 4.83. The van der Waals surface area contributed by atoms with Gasteiger partial charge in [0.15, 0.2) is 0 Å². The molecule has 0 nitrogen and oxygen atoms in total. The van der Waals surface area contributed by atoms with Crippen molar-refractivity contribution in [2.24, 2.45) is 0 Å². The van der Waals surface area contributed by atoms with Gasteiger partial charge >= 0.3 is 0 Å². The second kappa shape index (κ2) is 3.51. The fourth-order valence-corrected chi connectivity index (χ4v) is 1.52. The molecule has 0 saturated heterocycles. The molecule has 0 bridgehead atoms. The third-order valence-corrected chi connectivity index (χ3v) is 1.95. The van der Waals surface area contributed by atoms with Gasteiger partial charge in [-0.05, 0) is 24.1 Å². The van der Waals surface area contributed by atoms with Crippen molar-refractivity contribution >= 4 is 10.2 Å². The van der Waals surface area contributed by atoms with Crippen molar-refractivity contribution in [1.82, 2.24) is 0 Å². The van der Waals surface area contributed by atoms with E-state index in [0.29, 0.717) is 0 Å². The van der Waals surface area contributed by atoms with E-state index in [2.05, 4.69) is 0 Å². The zero-order valence-corrected chi connectivity index (χ0v) is 8.10. The Morgan fingerprint density at radius 1 is 1.20 bits per heavy atom. The number of hydrogen-bond acceptors (Lipinski definition) is 0. The molecule has 0 heterocycles. The summed E-state index contributed by atoms with van der Waals surface area (Å²) in [5.74, 6) is -0.142. The van der Waals surface area contributed by atoms with Crippen molar-refractivity contribution in [1.29, 1.82) is 0 Å². The maximum atomic E-state index is 12.3. The smallest absolute Gasteiger partial charge is 0.123 e. The molecule has 2 heteroatoms. The molecule has 0 fully saturated rings. The van der Waals surface area contributed by atoms with Gasteiger partial charge in [-0.3, -0.25) is 0 Å². The first-order valence-electron chi connectivity index (χ1n) is 3.57. The van der Waals surface area contributed by atoms with E-state index in [9.17, 15) is 4.39 Å². The lowest BCUT2D eigenvalue weighted by Crippen LogP contribution is -1.83. The van der Waals surface area contributed by atoms with Gasteiger partial charge < -0.3 is 0 Å². The lowest BCUT2D eigenvalue weighted by molar-refractivity contribution is 0.627. The third-order valence-electron chi connectivity index (χ3n) is 1.45. The zero-order valence-electron chi connectivity index (χ0n) is 6.10. The standard InChI is InChI=1S/C8H11FSi/c9-8-3-1-7(2-4-8)5-6-10/h1-4H,5-6H2,10H3. The van der Waals surface area contributed by atoms with E-state index in [4.69, 9.17) is 0 Å². The van der Waals surface area contributed by atoms with Gasteiger partial charge in [-0.25, -0.2) is 4.39 Å². The summed E-state index contributed by atoms with van der Waals surface area (Å²) in [7, 11) is 1.23. The molecule has 0 N–H and O–H groups in total. The van der Waals surface area contributed by atoms with Crippen molar-refractivity contribution in [2.45, 2.75) is 12.5 Å². The molecule has 0 saturated carbocycles. The normalized spacial score (nSPS) is 10.1. The van der Waals surface area contributed by atoms with Crippen LogP contribution >= 0.6 is 0 Å². The Morgan fingerprint density at radius 2 is 1.80 bits per heavy atom. The summed E-state index contributed by atoms with van der Waals surface area (Å²) in [6.45, 7) is 0. The molecule has 54 valence electrons. The van der Waals surface area contributed by atoms with Crippen molar-refractivity contribution in [2.75, 3.05) is 0 Å². The summed E-state index contributed by atoms with van der Waals surface area (Å²) in [5, 5.41) is 0. The second-order valence-electron chi connectivity index (χ2n) is 2.38. The average Bonchev–Trinajstić information content (AvgIpc) is 1.95. The lowest BCUT2D eigenvalue weighted by Gasteiger charge is -1.95. The van der Waals surface area contributed by atoms with Crippen LogP contribution in [0.15, 0.2) is 24.3 Å². The second-order valence-corrected chi connectivity index (χ2v) is 3.38. The van der Waals surface area contributed by atoms with E-state index >= 15 is 0 Å². The molecular weight excluding hydrogens is 143 g/mol. The first kappa shape index (κ1) is 7.47. The van der Waals surface area contributed by atoms with Crippen LogP contribution in [0.25, 0.3) is 0 Å². The van der Waals surface area contributed by atoms with Gasteiger partial charge in [0, 0.05) is 10.2 Å². The summed E-state index contributed by atoms with van der Waals surface area (Å²) >= 11 is 0. The van der Waals surface area contributed by atoms with Crippen molar-refractivity contribution in [3.63, 3.8) is 0 Å². The molecule has 0 aliphatic carbocycles. The number of hydrogen-bond donors (Lipinski definition) is 0. The van der Waals surface area contributed by atoms with E-state index < -0.39 is 0 Å². The van der Waals surface area contributed by atoms with Crippen LogP contribution in [-0.2, 0) is 6.42 Å². The molecule has 1 rings (SSSR count). The highest BCUT2D eigenvalue weighted by Gasteiger charge is 1.90. The van der Waals surface area contributed by atoms with Crippen LogP contribution in [0.3, 0.4) is 0 Å². The molecule has 0 aliphatic heterocycles. The molecule has 0 spiro atoms. The topological polar surface area (TPSA) is 0 Å². The highest BCUT2D eigenvalue weighted by Crippen LogP contribution is 2.03. The van der Waals surface area contributed by atoms with Crippen LogP contribution in [0.2, 0.25) is 6.04 Å². The predicted octanol–water partition coefficient (Wildman–Crippen LogP) is 1.15. The molecule has 0 amide bonds.